The Labute approximate surface area is 155 Å². The van der Waals surface area contributed by atoms with Crippen LogP contribution in [0.4, 0.5) is 0 Å². The van der Waals surface area contributed by atoms with Crippen LogP contribution in [0.25, 0.3) is 0 Å². The van der Waals surface area contributed by atoms with Gasteiger partial charge < -0.3 is 5.32 Å². The predicted molar refractivity (Wildman–Crippen MR) is 103 cm³/mol. The molecule has 2 aromatic carbocycles. The monoisotopic (exact) mass is 401 g/mol. The highest BCUT2D eigenvalue weighted by molar-refractivity contribution is 9.10. The van der Waals surface area contributed by atoms with Crippen molar-refractivity contribution in [1.29, 1.82) is 0 Å². The fraction of sp³-hybridized carbons (Fsp3) is 0.211. The van der Waals surface area contributed by atoms with E-state index in [1.807, 2.05) is 39.0 Å². The van der Waals surface area contributed by atoms with Crippen LogP contribution in [0.5, 0.6) is 0 Å². The molecule has 0 spiro atoms. The summed E-state index contributed by atoms with van der Waals surface area (Å²) in [6.45, 7) is 5.71. The minimum atomic E-state index is -0.385. The summed E-state index contributed by atoms with van der Waals surface area (Å²) in [5, 5.41) is 6.68. The van der Waals surface area contributed by atoms with Crippen molar-refractivity contribution in [3.63, 3.8) is 0 Å². The summed E-state index contributed by atoms with van der Waals surface area (Å²) in [6.07, 6.45) is 0. The topological polar surface area (TPSA) is 70.6 Å². The molecule has 0 aliphatic carbocycles. The van der Waals surface area contributed by atoms with Crippen LogP contribution in [0.3, 0.4) is 0 Å². The van der Waals surface area contributed by atoms with Crippen molar-refractivity contribution in [1.82, 2.24) is 10.7 Å². The smallest absolute Gasteiger partial charge is 0.259 e. The van der Waals surface area contributed by atoms with Gasteiger partial charge in [0.1, 0.15) is 0 Å². The summed E-state index contributed by atoms with van der Waals surface area (Å²) in [4.78, 5) is 23.9. The van der Waals surface area contributed by atoms with E-state index in [9.17, 15) is 9.59 Å². The van der Waals surface area contributed by atoms with E-state index in [0.29, 0.717) is 15.7 Å². The molecule has 5 nitrogen and oxygen atoms in total. The number of nitrogens with zero attached hydrogens (tertiary/aromatic N) is 1. The van der Waals surface area contributed by atoms with Crippen molar-refractivity contribution in [2.75, 3.05) is 6.54 Å². The van der Waals surface area contributed by atoms with E-state index in [4.69, 9.17) is 0 Å². The molecular weight excluding hydrogens is 382 g/mol. The zero-order chi connectivity index (χ0) is 18.4. The average Bonchev–Trinajstić information content (AvgIpc) is 2.58. The number of hydrogen-bond donors (Lipinski definition) is 2. The fourth-order valence-electron chi connectivity index (χ4n) is 2.37. The van der Waals surface area contributed by atoms with Gasteiger partial charge in [-0.3, -0.25) is 9.59 Å². The molecule has 25 heavy (non-hydrogen) atoms. The van der Waals surface area contributed by atoms with Gasteiger partial charge in [0.25, 0.3) is 11.8 Å². The molecule has 2 rings (SSSR count). The Balaban J connectivity index is 1.92. The summed E-state index contributed by atoms with van der Waals surface area (Å²) in [5.74, 6) is -0.706. The first-order valence-corrected chi connectivity index (χ1v) is 8.61. The molecule has 0 bridgehead atoms. The first-order valence-electron chi connectivity index (χ1n) is 7.82. The summed E-state index contributed by atoms with van der Waals surface area (Å²) in [5.41, 5.74) is 6.90. The zero-order valence-corrected chi connectivity index (χ0v) is 16.0. The van der Waals surface area contributed by atoms with E-state index in [2.05, 4.69) is 37.8 Å². The molecule has 2 aromatic rings. The minimum absolute atomic E-state index is 0.149. The number of nitrogens with one attached hydrogen (secondary N) is 2. The maximum atomic E-state index is 12.0. The van der Waals surface area contributed by atoms with Crippen molar-refractivity contribution in [3.8, 4) is 0 Å². The van der Waals surface area contributed by atoms with Crippen LogP contribution in [-0.2, 0) is 4.79 Å². The van der Waals surface area contributed by atoms with E-state index < -0.39 is 0 Å². The van der Waals surface area contributed by atoms with Crippen LogP contribution >= 0.6 is 15.9 Å². The van der Waals surface area contributed by atoms with E-state index in [-0.39, 0.29) is 18.4 Å². The van der Waals surface area contributed by atoms with Crippen molar-refractivity contribution < 1.29 is 9.59 Å². The highest BCUT2D eigenvalue weighted by Gasteiger charge is 2.10. The van der Waals surface area contributed by atoms with E-state index in [0.717, 1.165) is 11.1 Å². The number of hydrogen-bond acceptors (Lipinski definition) is 3. The lowest BCUT2D eigenvalue weighted by Gasteiger charge is -2.08. The van der Waals surface area contributed by atoms with Gasteiger partial charge >= 0.3 is 0 Å². The normalized spacial score (nSPS) is 11.1. The van der Waals surface area contributed by atoms with Crippen molar-refractivity contribution >= 4 is 33.5 Å². The molecule has 6 heteroatoms. The molecule has 0 saturated carbocycles. The van der Waals surface area contributed by atoms with Crippen molar-refractivity contribution in [2.24, 2.45) is 5.10 Å². The van der Waals surface area contributed by atoms with E-state index in [1.165, 1.54) is 5.56 Å². The van der Waals surface area contributed by atoms with Crippen LogP contribution in [0.2, 0.25) is 0 Å². The molecular formula is C19H20BrN3O2. The van der Waals surface area contributed by atoms with Gasteiger partial charge in [-0.25, -0.2) is 5.43 Å². The molecule has 0 aromatic heterocycles. The first kappa shape index (κ1) is 18.9. The molecule has 2 amide bonds. The molecule has 0 saturated heterocycles. The van der Waals surface area contributed by atoms with Gasteiger partial charge in [-0.15, -0.1) is 0 Å². The second-order valence-corrected chi connectivity index (χ2v) is 6.57. The van der Waals surface area contributed by atoms with Gasteiger partial charge in [0.05, 0.1) is 17.8 Å². The Bertz CT molecular complexity index is 831. The number of carbonyl (C=O) groups excluding carboxylic acids is 2. The van der Waals surface area contributed by atoms with Gasteiger partial charge in [-0.1, -0.05) is 35.9 Å². The van der Waals surface area contributed by atoms with Crippen LogP contribution in [0.1, 0.15) is 34.0 Å². The Morgan fingerprint density at radius 2 is 1.80 bits per heavy atom. The number of rotatable bonds is 5. The number of hydrazone groups is 1. The molecule has 0 unspecified atom stereocenters. The molecule has 0 aliphatic rings. The van der Waals surface area contributed by atoms with Gasteiger partial charge in [0.2, 0.25) is 0 Å². The van der Waals surface area contributed by atoms with Crippen LogP contribution in [0.15, 0.2) is 52.0 Å². The molecule has 0 fully saturated rings. The number of benzene rings is 2. The first-order chi connectivity index (χ1) is 11.9. The lowest BCUT2D eigenvalue weighted by atomic mass is 10.0. The summed E-state index contributed by atoms with van der Waals surface area (Å²) >= 11 is 3.31. The van der Waals surface area contributed by atoms with E-state index >= 15 is 0 Å². The van der Waals surface area contributed by atoms with Gasteiger partial charge in [-0.2, -0.15) is 5.10 Å². The van der Waals surface area contributed by atoms with Gasteiger partial charge in [-0.05, 0) is 54.4 Å². The Morgan fingerprint density at radius 3 is 2.48 bits per heavy atom. The SMILES string of the molecule is C/C(=N\NC(=O)CNC(=O)c1ccccc1Br)c1ccc(C)cc1C. The largest absolute Gasteiger partial charge is 0.343 e. The third-order valence-electron chi connectivity index (χ3n) is 3.65. The summed E-state index contributed by atoms with van der Waals surface area (Å²) in [7, 11) is 0. The Morgan fingerprint density at radius 1 is 1.08 bits per heavy atom. The number of aryl methyl sites for hydroxylation is 2. The number of carbonyl (C=O) groups is 2. The average molecular weight is 402 g/mol. The zero-order valence-electron chi connectivity index (χ0n) is 14.4. The van der Waals surface area contributed by atoms with E-state index in [1.54, 1.807) is 18.2 Å². The predicted octanol–water partition coefficient (Wildman–Crippen LogP) is 3.34. The number of amides is 2. The lowest BCUT2D eigenvalue weighted by Crippen LogP contribution is -2.35. The quantitative estimate of drug-likeness (QED) is 0.595. The standard InChI is InChI=1S/C19H20BrN3O2/c1-12-8-9-15(13(2)10-12)14(3)22-23-18(24)11-21-19(25)16-6-4-5-7-17(16)20/h4-10H,11H2,1-3H3,(H,21,25)(H,23,24)/b22-14+. The second kappa shape index (κ2) is 8.58. The molecule has 0 heterocycles. The van der Waals surface area contributed by atoms with Crippen molar-refractivity contribution in [3.05, 3.63) is 69.2 Å². The highest BCUT2D eigenvalue weighted by Crippen LogP contribution is 2.15. The van der Waals surface area contributed by atoms with Crippen LogP contribution < -0.4 is 10.7 Å². The molecule has 0 atom stereocenters. The maximum Gasteiger partial charge on any atom is 0.259 e. The summed E-state index contributed by atoms with van der Waals surface area (Å²) in [6, 6.07) is 13.1. The second-order valence-electron chi connectivity index (χ2n) is 5.71. The highest BCUT2D eigenvalue weighted by atomic mass is 79.9. The van der Waals surface area contributed by atoms with Gasteiger partial charge in [0.15, 0.2) is 0 Å². The minimum Gasteiger partial charge on any atom is -0.343 e. The lowest BCUT2D eigenvalue weighted by molar-refractivity contribution is -0.120. The molecule has 0 radical (unpaired) electrons. The van der Waals surface area contributed by atoms with Crippen LogP contribution in [-0.4, -0.2) is 24.1 Å². The Kier molecular flexibility index (Phi) is 6.47. The third kappa shape index (κ3) is 5.26. The van der Waals surface area contributed by atoms with Gasteiger partial charge in [0, 0.05) is 10.0 Å². The van der Waals surface area contributed by atoms with Crippen molar-refractivity contribution in [2.45, 2.75) is 20.8 Å². The maximum absolute atomic E-state index is 12.0. The molecule has 0 aliphatic heterocycles. The van der Waals surface area contributed by atoms with Crippen LogP contribution in [0, 0.1) is 13.8 Å². The third-order valence-corrected chi connectivity index (χ3v) is 4.34. The fourth-order valence-corrected chi connectivity index (χ4v) is 2.83. The summed E-state index contributed by atoms with van der Waals surface area (Å²) < 4.78 is 0.677. The molecule has 130 valence electrons. The Hall–Kier alpha value is -2.47. The molecule has 2 N–H and O–H groups in total. The number of halogens is 1.